The number of carbonyl (C=O) groups is 3. The maximum atomic E-state index is 12.0. The van der Waals surface area contributed by atoms with Gasteiger partial charge in [0.2, 0.25) is 0 Å². The van der Waals surface area contributed by atoms with Gasteiger partial charge in [-0.05, 0) is 26.1 Å². The summed E-state index contributed by atoms with van der Waals surface area (Å²) in [6.45, 7) is 3.08. The zero-order valence-electron chi connectivity index (χ0n) is 12.0. The Morgan fingerprint density at radius 1 is 1.23 bits per heavy atom. The molecular weight excluding hydrogens is 312 g/mol. The number of ketones is 1. The quantitative estimate of drug-likeness (QED) is 0.202. The highest BCUT2D eigenvalue weighted by Crippen LogP contribution is 2.05. The number of ether oxygens (including phenoxy) is 2. The molecule has 0 spiro atoms. The van der Waals surface area contributed by atoms with Gasteiger partial charge < -0.3 is 9.47 Å². The Kier molecular flexibility index (Phi) is 6.39. The van der Waals surface area contributed by atoms with Crippen LogP contribution in [0.2, 0.25) is 0 Å². The highest BCUT2D eigenvalue weighted by molar-refractivity contribution is 7.71. The number of aromatic nitrogens is 2. The Balaban J connectivity index is 3.31. The highest BCUT2D eigenvalue weighted by atomic mass is 32.1. The van der Waals surface area contributed by atoms with E-state index in [2.05, 4.69) is 9.72 Å². The van der Waals surface area contributed by atoms with Gasteiger partial charge in [0.15, 0.2) is 4.77 Å². The van der Waals surface area contributed by atoms with Crippen molar-refractivity contribution in [1.82, 2.24) is 9.55 Å². The van der Waals surface area contributed by atoms with Crippen molar-refractivity contribution < 1.29 is 23.9 Å². The van der Waals surface area contributed by atoms with Gasteiger partial charge in [-0.2, -0.15) is 0 Å². The number of esters is 2. The fourth-order valence-electron chi connectivity index (χ4n) is 1.39. The van der Waals surface area contributed by atoms with E-state index >= 15 is 0 Å². The maximum absolute atomic E-state index is 12.0. The molecule has 0 aliphatic carbocycles. The first-order chi connectivity index (χ1) is 10.4. The summed E-state index contributed by atoms with van der Waals surface area (Å²) in [4.78, 5) is 48.7. The Morgan fingerprint density at radius 3 is 2.36 bits per heavy atom. The van der Waals surface area contributed by atoms with Crippen molar-refractivity contribution >= 4 is 36.1 Å². The van der Waals surface area contributed by atoms with Crippen molar-refractivity contribution in [2.75, 3.05) is 13.2 Å². The van der Waals surface area contributed by atoms with E-state index in [-0.39, 0.29) is 18.0 Å². The molecule has 118 valence electrons. The third kappa shape index (κ3) is 4.48. The first kappa shape index (κ1) is 17.5. The summed E-state index contributed by atoms with van der Waals surface area (Å²) in [7, 11) is 0. The molecule has 0 saturated carbocycles. The third-order valence-electron chi connectivity index (χ3n) is 2.32. The molecule has 1 aromatic rings. The second-order valence-electron chi connectivity index (χ2n) is 3.83. The fourth-order valence-corrected chi connectivity index (χ4v) is 1.60. The van der Waals surface area contributed by atoms with Crippen LogP contribution in [0.15, 0.2) is 22.6 Å². The number of carbonyl (C=O) groups excluding carboxylic acids is 3. The molecule has 1 N–H and O–H groups in total. The molecule has 0 aromatic carbocycles. The van der Waals surface area contributed by atoms with Crippen molar-refractivity contribution in [3.8, 4) is 0 Å². The lowest BCUT2D eigenvalue weighted by Gasteiger charge is -2.07. The predicted molar refractivity (Wildman–Crippen MR) is 78.4 cm³/mol. The van der Waals surface area contributed by atoms with Crippen molar-refractivity contribution in [3.63, 3.8) is 0 Å². The first-order valence-corrected chi connectivity index (χ1v) is 6.73. The molecule has 0 fully saturated rings. The Hall–Kier alpha value is -2.55. The topological polar surface area (TPSA) is 107 Å². The molecule has 0 saturated heterocycles. The van der Waals surface area contributed by atoms with Crippen molar-refractivity contribution in [3.05, 3.63) is 33.0 Å². The molecule has 1 heterocycles. The average molecular weight is 326 g/mol. The average Bonchev–Trinajstić information content (AvgIpc) is 2.46. The molecule has 0 bridgehead atoms. The molecular formula is C13H14N2O6S. The molecule has 8 nitrogen and oxygen atoms in total. The summed E-state index contributed by atoms with van der Waals surface area (Å²) in [5.41, 5.74) is -0.993. The summed E-state index contributed by atoms with van der Waals surface area (Å²) in [5, 5.41) is 0. The largest absolute Gasteiger partial charge is 0.462 e. The van der Waals surface area contributed by atoms with E-state index < -0.39 is 28.9 Å². The summed E-state index contributed by atoms with van der Waals surface area (Å²) in [5.74, 6) is -3.33. The number of rotatable bonds is 6. The molecule has 0 radical (unpaired) electrons. The van der Waals surface area contributed by atoms with Crippen LogP contribution in [0, 0.1) is 4.77 Å². The molecule has 9 heteroatoms. The van der Waals surface area contributed by atoms with Crippen LogP contribution in [0.5, 0.6) is 0 Å². The van der Waals surface area contributed by atoms with Gasteiger partial charge in [-0.25, -0.2) is 9.59 Å². The van der Waals surface area contributed by atoms with E-state index in [0.29, 0.717) is 0 Å². The van der Waals surface area contributed by atoms with Crippen molar-refractivity contribution in [2.24, 2.45) is 0 Å². The van der Waals surface area contributed by atoms with Crippen LogP contribution in [0.3, 0.4) is 0 Å². The van der Waals surface area contributed by atoms with Gasteiger partial charge in [-0.15, -0.1) is 0 Å². The predicted octanol–water partition coefficient (Wildman–Crippen LogP) is 0.442. The standard InChI is InChI=1S/C13H14N2O6S/c1-3-20-11(18)8(10(17)12(19)21-4-2)7-15-6-5-9(16)14-13(15)22/h5-7H,3-4H2,1-2H3,(H,14,16,22)/b8-7+. The minimum Gasteiger partial charge on any atom is -0.462 e. The smallest absolute Gasteiger partial charge is 0.380 e. The number of hydrogen-bond donors (Lipinski definition) is 1. The van der Waals surface area contributed by atoms with Gasteiger partial charge in [0, 0.05) is 18.5 Å². The zero-order chi connectivity index (χ0) is 16.7. The van der Waals surface area contributed by atoms with Crippen LogP contribution in [0.1, 0.15) is 13.8 Å². The van der Waals surface area contributed by atoms with E-state index in [1.54, 1.807) is 6.92 Å². The summed E-state index contributed by atoms with van der Waals surface area (Å²) in [6.07, 6.45) is 2.26. The van der Waals surface area contributed by atoms with E-state index in [1.165, 1.54) is 13.1 Å². The Labute approximate surface area is 130 Å². The second kappa shape index (κ2) is 8.03. The van der Waals surface area contributed by atoms with Crippen LogP contribution in [-0.4, -0.2) is 40.5 Å². The molecule has 1 rings (SSSR count). The fraction of sp³-hybridized carbons (Fsp3) is 0.308. The zero-order valence-corrected chi connectivity index (χ0v) is 12.8. The van der Waals surface area contributed by atoms with Crippen LogP contribution in [-0.2, 0) is 23.9 Å². The van der Waals surface area contributed by atoms with Gasteiger partial charge in [0.05, 0.1) is 13.2 Å². The molecule has 1 aromatic heterocycles. The number of aromatic amines is 1. The summed E-state index contributed by atoms with van der Waals surface area (Å²) < 4.78 is 10.4. The lowest BCUT2D eigenvalue weighted by Crippen LogP contribution is -2.25. The first-order valence-electron chi connectivity index (χ1n) is 6.32. The SMILES string of the molecule is CCOC(=O)C(=O)/C(=C\n1ccc(=O)[nH]c1=S)C(=O)OCC. The summed E-state index contributed by atoms with van der Waals surface area (Å²) >= 11 is 4.90. The van der Waals surface area contributed by atoms with Gasteiger partial charge >= 0.3 is 11.9 Å². The number of nitrogens with one attached hydrogen (secondary N) is 1. The highest BCUT2D eigenvalue weighted by Gasteiger charge is 2.27. The molecule has 22 heavy (non-hydrogen) atoms. The summed E-state index contributed by atoms with van der Waals surface area (Å²) in [6, 6.07) is 1.14. The van der Waals surface area contributed by atoms with Crippen LogP contribution in [0.25, 0.3) is 6.20 Å². The van der Waals surface area contributed by atoms with E-state index in [1.807, 2.05) is 0 Å². The lowest BCUT2D eigenvalue weighted by molar-refractivity contribution is -0.153. The second-order valence-corrected chi connectivity index (χ2v) is 4.22. The van der Waals surface area contributed by atoms with Crippen LogP contribution >= 0.6 is 12.2 Å². The molecule has 0 unspecified atom stereocenters. The molecule has 0 amide bonds. The number of hydrogen-bond acceptors (Lipinski definition) is 7. The third-order valence-corrected chi connectivity index (χ3v) is 2.63. The monoisotopic (exact) mass is 326 g/mol. The Bertz CT molecular complexity index is 731. The van der Waals surface area contributed by atoms with E-state index in [0.717, 1.165) is 16.8 Å². The number of nitrogens with zero attached hydrogens (tertiary/aromatic N) is 1. The minimum absolute atomic E-state index is 0.0151. The van der Waals surface area contributed by atoms with E-state index in [4.69, 9.17) is 17.0 Å². The van der Waals surface area contributed by atoms with Gasteiger partial charge in [-0.3, -0.25) is 19.1 Å². The maximum Gasteiger partial charge on any atom is 0.380 e. The molecule has 0 aliphatic rings. The van der Waals surface area contributed by atoms with Crippen molar-refractivity contribution in [2.45, 2.75) is 13.8 Å². The minimum atomic E-state index is -1.18. The van der Waals surface area contributed by atoms with E-state index in [9.17, 15) is 19.2 Å². The molecule has 0 aliphatic heterocycles. The van der Waals surface area contributed by atoms with Gasteiger partial charge in [-0.1, -0.05) is 0 Å². The van der Waals surface area contributed by atoms with Gasteiger partial charge in [0.1, 0.15) is 5.57 Å². The molecule has 0 atom stereocenters. The van der Waals surface area contributed by atoms with Crippen LogP contribution in [0.4, 0.5) is 0 Å². The normalized spacial score (nSPS) is 10.9. The number of H-pyrrole nitrogens is 1. The Morgan fingerprint density at radius 2 is 1.82 bits per heavy atom. The van der Waals surface area contributed by atoms with Gasteiger partial charge in [0.25, 0.3) is 11.3 Å². The van der Waals surface area contributed by atoms with Crippen molar-refractivity contribution in [1.29, 1.82) is 0 Å². The lowest BCUT2D eigenvalue weighted by atomic mass is 10.2. The number of Topliss-reactive ketones (excluding diaryl/α,β-unsaturated/α-hetero) is 1. The van der Waals surface area contributed by atoms with Crippen LogP contribution < -0.4 is 5.56 Å².